The summed E-state index contributed by atoms with van der Waals surface area (Å²) in [5, 5.41) is 10.7. The molecule has 1 aromatic heterocycles. The lowest BCUT2D eigenvalue weighted by Crippen LogP contribution is -2.20. The predicted molar refractivity (Wildman–Crippen MR) is 55.7 cm³/mol. The second-order valence-corrected chi connectivity index (χ2v) is 3.36. The van der Waals surface area contributed by atoms with Crippen LogP contribution in [0, 0.1) is 6.92 Å². The van der Waals surface area contributed by atoms with E-state index in [-0.39, 0.29) is 6.54 Å². The van der Waals surface area contributed by atoms with Crippen LogP contribution < -0.4 is 5.32 Å². The van der Waals surface area contributed by atoms with Crippen LogP contribution in [0.3, 0.4) is 0 Å². The Morgan fingerprint density at radius 1 is 1.60 bits per heavy atom. The van der Waals surface area contributed by atoms with E-state index in [1.165, 1.54) is 0 Å². The highest BCUT2D eigenvalue weighted by Gasteiger charge is 2.03. The highest BCUT2D eigenvalue weighted by atomic mass is 16.4. The number of H-pyrrole nitrogens is 1. The third-order valence-corrected chi connectivity index (χ3v) is 2.09. The number of nitrogens with one attached hydrogen (secondary N) is 2. The molecule has 2 rings (SSSR count). The Labute approximate surface area is 86.1 Å². The van der Waals surface area contributed by atoms with E-state index < -0.39 is 6.09 Å². The Morgan fingerprint density at radius 3 is 3.13 bits per heavy atom. The van der Waals surface area contributed by atoms with Gasteiger partial charge in [-0.1, -0.05) is 6.07 Å². The van der Waals surface area contributed by atoms with Crippen molar-refractivity contribution in [1.29, 1.82) is 0 Å². The van der Waals surface area contributed by atoms with Gasteiger partial charge in [0, 0.05) is 0 Å². The fraction of sp³-hybridized carbons (Fsp3) is 0.200. The van der Waals surface area contributed by atoms with Crippen molar-refractivity contribution < 1.29 is 9.90 Å². The van der Waals surface area contributed by atoms with E-state index in [1.807, 2.05) is 25.1 Å². The smallest absolute Gasteiger partial charge is 0.405 e. The van der Waals surface area contributed by atoms with Crippen molar-refractivity contribution in [1.82, 2.24) is 15.3 Å². The summed E-state index contributed by atoms with van der Waals surface area (Å²) in [7, 11) is 0. The Bertz CT molecular complexity index is 504. The van der Waals surface area contributed by atoms with Gasteiger partial charge in [0.1, 0.15) is 5.82 Å². The van der Waals surface area contributed by atoms with Crippen molar-refractivity contribution in [3.63, 3.8) is 0 Å². The third-order valence-electron chi connectivity index (χ3n) is 2.09. The topological polar surface area (TPSA) is 78.0 Å². The number of aromatic nitrogens is 2. The molecule has 0 aliphatic heterocycles. The van der Waals surface area contributed by atoms with Crippen molar-refractivity contribution in [3.8, 4) is 0 Å². The SMILES string of the molecule is Cc1ccc2[nH]c(CNC(=O)O)nc2c1. The molecule has 3 N–H and O–H groups in total. The molecule has 0 bridgehead atoms. The second kappa shape index (κ2) is 3.61. The Morgan fingerprint density at radius 2 is 2.40 bits per heavy atom. The molecule has 15 heavy (non-hydrogen) atoms. The van der Waals surface area contributed by atoms with Crippen molar-refractivity contribution in [2.45, 2.75) is 13.5 Å². The molecule has 0 unspecified atom stereocenters. The van der Waals surface area contributed by atoms with Gasteiger partial charge in [-0.3, -0.25) is 0 Å². The van der Waals surface area contributed by atoms with Crippen LogP contribution in [0.1, 0.15) is 11.4 Å². The molecule has 0 spiro atoms. The summed E-state index contributed by atoms with van der Waals surface area (Å²) in [5.74, 6) is 0.623. The number of hydrogen-bond acceptors (Lipinski definition) is 2. The Balaban J connectivity index is 2.27. The molecule has 2 aromatic rings. The van der Waals surface area contributed by atoms with Gasteiger partial charge in [0.2, 0.25) is 0 Å². The number of hydrogen-bond donors (Lipinski definition) is 3. The molecule has 1 aromatic carbocycles. The van der Waals surface area contributed by atoms with Crippen LogP contribution in [0.25, 0.3) is 11.0 Å². The van der Waals surface area contributed by atoms with E-state index >= 15 is 0 Å². The maximum absolute atomic E-state index is 10.3. The molecule has 0 saturated carbocycles. The maximum Gasteiger partial charge on any atom is 0.405 e. The second-order valence-electron chi connectivity index (χ2n) is 3.36. The van der Waals surface area contributed by atoms with Crippen LogP contribution in [0.5, 0.6) is 0 Å². The van der Waals surface area contributed by atoms with Gasteiger partial charge in [-0.2, -0.15) is 0 Å². The van der Waals surface area contributed by atoms with Gasteiger partial charge >= 0.3 is 6.09 Å². The summed E-state index contributed by atoms with van der Waals surface area (Å²) in [6.45, 7) is 2.19. The summed E-state index contributed by atoms with van der Waals surface area (Å²) in [4.78, 5) is 17.6. The highest BCUT2D eigenvalue weighted by molar-refractivity contribution is 5.75. The summed E-state index contributed by atoms with van der Waals surface area (Å²) < 4.78 is 0. The van der Waals surface area contributed by atoms with Crippen LogP contribution >= 0.6 is 0 Å². The first-order valence-electron chi connectivity index (χ1n) is 4.57. The van der Waals surface area contributed by atoms with Crippen LogP contribution in [0.15, 0.2) is 18.2 Å². The number of benzene rings is 1. The summed E-state index contributed by atoms with van der Waals surface area (Å²) in [6.07, 6.45) is -1.05. The summed E-state index contributed by atoms with van der Waals surface area (Å²) >= 11 is 0. The molecule has 0 fully saturated rings. The van der Waals surface area contributed by atoms with E-state index in [9.17, 15) is 4.79 Å². The molecule has 1 heterocycles. The van der Waals surface area contributed by atoms with E-state index in [2.05, 4.69) is 15.3 Å². The number of fused-ring (bicyclic) bond motifs is 1. The number of amides is 1. The van der Waals surface area contributed by atoms with Gasteiger partial charge in [0.25, 0.3) is 0 Å². The standard InChI is InChI=1S/C10H11N3O2/c1-6-2-3-7-8(4-6)13-9(12-7)5-11-10(14)15/h2-4,11H,5H2,1H3,(H,12,13)(H,14,15). The fourth-order valence-corrected chi connectivity index (χ4v) is 1.41. The molecule has 5 heteroatoms. The fourth-order valence-electron chi connectivity index (χ4n) is 1.41. The number of nitrogens with zero attached hydrogens (tertiary/aromatic N) is 1. The monoisotopic (exact) mass is 205 g/mol. The molecule has 1 amide bonds. The van der Waals surface area contributed by atoms with E-state index in [4.69, 9.17) is 5.11 Å². The molecule has 5 nitrogen and oxygen atoms in total. The van der Waals surface area contributed by atoms with Gasteiger partial charge in [0.15, 0.2) is 0 Å². The lowest BCUT2D eigenvalue weighted by molar-refractivity contribution is 0.193. The van der Waals surface area contributed by atoms with Crippen LogP contribution in [0.2, 0.25) is 0 Å². The number of carboxylic acid groups (broad SMARTS) is 1. The minimum atomic E-state index is -1.05. The molecule has 0 aliphatic rings. The molecular weight excluding hydrogens is 194 g/mol. The largest absolute Gasteiger partial charge is 0.465 e. The average Bonchev–Trinajstić information content (AvgIpc) is 2.56. The number of aromatic amines is 1. The molecule has 0 saturated heterocycles. The van der Waals surface area contributed by atoms with Crippen molar-refractivity contribution in [3.05, 3.63) is 29.6 Å². The number of imidazole rings is 1. The predicted octanol–water partition coefficient (Wildman–Crippen LogP) is 1.64. The maximum atomic E-state index is 10.3. The van der Waals surface area contributed by atoms with Crippen molar-refractivity contribution >= 4 is 17.1 Å². The first kappa shape index (κ1) is 9.51. The molecule has 0 aliphatic carbocycles. The van der Waals surface area contributed by atoms with Crippen LogP contribution in [0.4, 0.5) is 4.79 Å². The van der Waals surface area contributed by atoms with Gasteiger partial charge in [0.05, 0.1) is 17.6 Å². The number of aryl methyl sites for hydroxylation is 1. The lowest BCUT2D eigenvalue weighted by atomic mass is 10.2. The Kier molecular flexibility index (Phi) is 2.29. The van der Waals surface area contributed by atoms with Crippen molar-refractivity contribution in [2.24, 2.45) is 0 Å². The van der Waals surface area contributed by atoms with E-state index in [0.717, 1.165) is 16.6 Å². The zero-order valence-electron chi connectivity index (χ0n) is 8.24. The van der Waals surface area contributed by atoms with Crippen LogP contribution in [-0.4, -0.2) is 21.2 Å². The third kappa shape index (κ3) is 2.07. The summed E-state index contributed by atoms with van der Waals surface area (Å²) in [6, 6.07) is 5.87. The highest BCUT2D eigenvalue weighted by Crippen LogP contribution is 2.12. The number of rotatable bonds is 2. The van der Waals surface area contributed by atoms with E-state index in [1.54, 1.807) is 0 Å². The first-order chi connectivity index (χ1) is 7.15. The van der Waals surface area contributed by atoms with Gasteiger partial charge in [-0.15, -0.1) is 0 Å². The minimum Gasteiger partial charge on any atom is -0.465 e. The quantitative estimate of drug-likeness (QED) is 0.697. The normalized spacial score (nSPS) is 10.5. The Hall–Kier alpha value is -2.04. The van der Waals surface area contributed by atoms with Crippen molar-refractivity contribution in [2.75, 3.05) is 0 Å². The average molecular weight is 205 g/mol. The minimum absolute atomic E-state index is 0.197. The molecule has 78 valence electrons. The van der Waals surface area contributed by atoms with Crippen LogP contribution in [-0.2, 0) is 6.54 Å². The van der Waals surface area contributed by atoms with Gasteiger partial charge < -0.3 is 15.4 Å². The molecule has 0 radical (unpaired) electrons. The first-order valence-corrected chi connectivity index (χ1v) is 4.57. The zero-order valence-corrected chi connectivity index (χ0v) is 8.24. The molecular formula is C10H11N3O2. The molecule has 0 atom stereocenters. The van der Waals surface area contributed by atoms with E-state index in [0.29, 0.717) is 5.82 Å². The van der Waals surface area contributed by atoms with Gasteiger partial charge in [-0.25, -0.2) is 9.78 Å². The van der Waals surface area contributed by atoms with Gasteiger partial charge in [-0.05, 0) is 24.6 Å². The number of carbonyl (C=O) groups is 1. The zero-order chi connectivity index (χ0) is 10.8. The summed E-state index contributed by atoms with van der Waals surface area (Å²) in [5.41, 5.74) is 2.91. The lowest BCUT2D eigenvalue weighted by Gasteiger charge is -1.94.